The quantitative estimate of drug-likeness (QED) is 0.504. The molecule has 0 amide bonds. The molecule has 0 spiro atoms. The van der Waals surface area contributed by atoms with Gasteiger partial charge in [0.25, 0.3) is 11.4 Å². The Morgan fingerprint density at radius 1 is 1.26 bits per heavy atom. The summed E-state index contributed by atoms with van der Waals surface area (Å²) in [5, 5.41) is 25.0. The highest BCUT2D eigenvalue weighted by molar-refractivity contribution is 5.65. The molecule has 0 saturated heterocycles. The van der Waals surface area contributed by atoms with Crippen molar-refractivity contribution in [3.63, 3.8) is 0 Å². The van der Waals surface area contributed by atoms with E-state index in [1.54, 1.807) is 0 Å². The van der Waals surface area contributed by atoms with Crippen molar-refractivity contribution in [2.45, 2.75) is 26.7 Å². The molecule has 0 unspecified atom stereocenters. The lowest BCUT2D eigenvalue weighted by Crippen LogP contribution is -2.49. The molecule has 2 atom stereocenters. The van der Waals surface area contributed by atoms with Gasteiger partial charge in [-0.1, -0.05) is 25.5 Å². The van der Waals surface area contributed by atoms with Crippen LogP contribution < -0.4 is 5.32 Å². The van der Waals surface area contributed by atoms with Gasteiger partial charge in [-0.3, -0.25) is 20.2 Å². The Labute approximate surface area is 133 Å². The van der Waals surface area contributed by atoms with Gasteiger partial charge in [0, 0.05) is 12.6 Å². The highest BCUT2D eigenvalue weighted by Crippen LogP contribution is 2.59. The average molecular weight is 317 g/mol. The van der Waals surface area contributed by atoms with Crippen LogP contribution in [0, 0.1) is 37.5 Å². The molecule has 4 rings (SSSR count). The molecule has 1 aromatic carbocycles. The smallest absolute Gasteiger partial charge is 0.299 e. The van der Waals surface area contributed by atoms with E-state index in [1.165, 1.54) is 24.1 Å². The van der Waals surface area contributed by atoms with Crippen LogP contribution in [0.15, 0.2) is 29.8 Å². The molecule has 7 heteroatoms. The van der Waals surface area contributed by atoms with Crippen LogP contribution in [-0.4, -0.2) is 16.4 Å². The van der Waals surface area contributed by atoms with Gasteiger partial charge in [0.1, 0.15) is 5.69 Å². The van der Waals surface area contributed by atoms with Crippen molar-refractivity contribution < 1.29 is 9.85 Å². The second-order valence-electron chi connectivity index (χ2n) is 6.89. The van der Waals surface area contributed by atoms with E-state index in [9.17, 15) is 20.2 Å². The monoisotopic (exact) mass is 317 g/mol. The summed E-state index contributed by atoms with van der Waals surface area (Å²) in [5.74, 6) is 1.26. The summed E-state index contributed by atoms with van der Waals surface area (Å²) in [6, 6.07) is 3.70. The van der Waals surface area contributed by atoms with Gasteiger partial charge in [-0.25, -0.2) is 0 Å². The summed E-state index contributed by atoms with van der Waals surface area (Å²) >= 11 is 0. The Hall–Kier alpha value is -2.44. The van der Waals surface area contributed by atoms with Crippen molar-refractivity contribution in [3.8, 4) is 0 Å². The van der Waals surface area contributed by atoms with Crippen molar-refractivity contribution in [2.75, 3.05) is 11.9 Å². The Kier molecular flexibility index (Phi) is 3.58. The van der Waals surface area contributed by atoms with E-state index in [-0.39, 0.29) is 11.4 Å². The third-order valence-electron chi connectivity index (χ3n) is 5.45. The van der Waals surface area contributed by atoms with Gasteiger partial charge >= 0.3 is 0 Å². The molecule has 0 aromatic heterocycles. The molecule has 0 heterocycles. The largest absolute Gasteiger partial charge is 0.376 e. The second-order valence-corrected chi connectivity index (χ2v) is 6.89. The Morgan fingerprint density at radius 3 is 2.57 bits per heavy atom. The van der Waals surface area contributed by atoms with E-state index in [2.05, 4.69) is 25.2 Å². The van der Waals surface area contributed by atoms with Crippen LogP contribution in [0.3, 0.4) is 0 Å². The summed E-state index contributed by atoms with van der Waals surface area (Å²) in [6.45, 7) is 5.08. The van der Waals surface area contributed by atoms with Crippen molar-refractivity contribution in [1.29, 1.82) is 0 Å². The number of anilines is 1. The molecule has 122 valence electrons. The third kappa shape index (κ3) is 2.56. The number of fused-ring (bicyclic) bond motifs is 1. The van der Waals surface area contributed by atoms with Crippen molar-refractivity contribution in [1.82, 2.24) is 0 Å². The number of nitrogens with one attached hydrogen (secondary N) is 1. The summed E-state index contributed by atoms with van der Waals surface area (Å²) in [7, 11) is 0. The molecule has 0 radical (unpaired) electrons. The SMILES string of the molecule is CC1(C)[C@@H]2CC=C(CNc3ccc([N+](=O)[O-])cc3[N+](=O)[O-])[C@H]1C2. The first-order chi connectivity index (χ1) is 10.8. The van der Waals surface area contributed by atoms with Gasteiger partial charge in [-0.2, -0.15) is 0 Å². The number of rotatable bonds is 5. The zero-order chi connectivity index (χ0) is 16.8. The van der Waals surface area contributed by atoms with Crippen LogP contribution in [0.25, 0.3) is 0 Å². The zero-order valence-corrected chi connectivity index (χ0v) is 13.1. The van der Waals surface area contributed by atoms with E-state index < -0.39 is 9.85 Å². The molecule has 3 aliphatic rings. The Bertz CT molecular complexity index is 711. The number of allylic oxidation sites excluding steroid dienone is 1. The van der Waals surface area contributed by atoms with Crippen LogP contribution in [-0.2, 0) is 0 Å². The minimum absolute atomic E-state index is 0.263. The maximum atomic E-state index is 11.2. The predicted molar refractivity (Wildman–Crippen MR) is 86.3 cm³/mol. The molecule has 1 fully saturated rings. The van der Waals surface area contributed by atoms with E-state index >= 15 is 0 Å². The average Bonchev–Trinajstić information content (AvgIpc) is 2.52. The molecule has 1 aromatic rings. The Balaban J connectivity index is 1.77. The lowest BCUT2D eigenvalue weighted by molar-refractivity contribution is -0.393. The van der Waals surface area contributed by atoms with Crippen LogP contribution >= 0.6 is 0 Å². The molecule has 1 N–H and O–H groups in total. The first-order valence-electron chi connectivity index (χ1n) is 7.66. The van der Waals surface area contributed by atoms with E-state index in [1.807, 2.05) is 0 Å². The standard InChI is InChI=1S/C16H19N3O4/c1-16(2)11-4-3-10(13(16)7-11)9-17-14-6-5-12(18(20)21)8-15(14)19(22)23/h3,5-6,8,11,13,17H,4,7,9H2,1-2H3/t11-,13-/m1/s1. The number of hydrogen-bond donors (Lipinski definition) is 1. The molecule has 7 nitrogen and oxygen atoms in total. The van der Waals surface area contributed by atoms with Gasteiger partial charge in [-0.05, 0) is 36.2 Å². The number of nitro benzene ring substituents is 2. The van der Waals surface area contributed by atoms with Gasteiger partial charge < -0.3 is 5.32 Å². The number of nitrogens with zero attached hydrogens (tertiary/aromatic N) is 2. The van der Waals surface area contributed by atoms with Crippen molar-refractivity contribution in [2.24, 2.45) is 17.3 Å². The maximum Gasteiger partial charge on any atom is 0.299 e. The molecular formula is C16H19N3O4. The van der Waals surface area contributed by atoms with Gasteiger partial charge in [0.2, 0.25) is 0 Å². The minimum Gasteiger partial charge on any atom is -0.376 e. The molecule has 2 bridgehead atoms. The number of non-ortho nitro benzene ring substituents is 1. The Morgan fingerprint density at radius 2 is 2.00 bits per heavy atom. The molecule has 1 saturated carbocycles. The molecular weight excluding hydrogens is 298 g/mol. The van der Waals surface area contributed by atoms with Crippen LogP contribution in [0.4, 0.5) is 17.1 Å². The first kappa shape index (κ1) is 15.5. The first-order valence-corrected chi connectivity index (χ1v) is 7.66. The van der Waals surface area contributed by atoms with Crippen molar-refractivity contribution >= 4 is 17.1 Å². The van der Waals surface area contributed by atoms with Crippen LogP contribution in [0.2, 0.25) is 0 Å². The topological polar surface area (TPSA) is 98.3 Å². The number of benzene rings is 1. The maximum absolute atomic E-state index is 11.2. The zero-order valence-electron chi connectivity index (χ0n) is 13.1. The fourth-order valence-corrected chi connectivity index (χ4v) is 3.81. The molecule has 23 heavy (non-hydrogen) atoms. The van der Waals surface area contributed by atoms with Crippen LogP contribution in [0.1, 0.15) is 26.7 Å². The summed E-state index contributed by atoms with van der Waals surface area (Å²) < 4.78 is 0. The normalized spacial score (nSPS) is 24.3. The van der Waals surface area contributed by atoms with Gasteiger partial charge in [0.05, 0.1) is 15.9 Å². The van der Waals surface area contributed by atoms with E-state index in [4.69, 9.17) is 0 Å². The highest BCUT2D eigenvalue weighted by Gasteiger charge is 2.50. The number of hydrogen-bond acceptors (Lipinski definition) is 5. The lowest BCUT2D eigenvalue weighted by Gasteiger charge is -2.56. The van der Waals surface area contributed by atoms with E-state index in [0.717, 1.165) is 18.4 Å². The summed E-state index contributed by atoms with van der Waals surface area (Å²) in [4.78, 5) is 20.7. The third-order valence-corrected chi connectivity index (χ3v) is 5.45. The van der Waals surface area contributed by atoms with Gasteiger partial charge in [-0.15, -0.1) is 0 Å². The van der Waals surface area contributed by atoms with Crippen molar-refractivity contribution in [3.05, 3.63) is 50.1 Å². The van der Waals surface area contributed by atoms with E-state index in [0.29, 0.717) is 23.6 Å². The fourth-order valence-electron chi connectivity index (χ4n) is 3.81. The summed E-state index contributed by atoms with van der Waals surface area (Å²) in [5.41, 5.74) is 1.36. The molecule has 3 aliphatic carbocycles. The van der Waals surface area contributed by atoms with Crippen LogP contribution in [0.5, 0.6) is 0 Å². The summed E-state index contributed by atoms with van der Waals surface area (Å²) in [6.07, 6.45) is 4.47. The predicted octanol–water partition coefficient (Wildman–Crippen LogP) is 3.91. The minimum atomic E-state index is -0.628. The number of nitro groups is 2. The lowest BCUT2D eigenvalue weighted by atomic mass is 9.49. The fraction of sp³-hybridized carbons (Fsp3) is 0.500. The second kappa shape index (κ2) is 5.33. The molecule has 0 aliphatic heterocycles. The highest BCUT2D eigenvalue weighted by atomic mass is 16.6. The van der Waals surface area contributed by atoms with Gasteiger partial charge in [0.15, 0.2) is 0 Å².